The number of furan rings is 1. The third-order valence-corrected chi connectivity index (χ3v) is 9.26. The summed E-state index contributed by atoms with van der Waals surface area (Å²) in [4.78, 5) is 26.8. The van der Waals surface area contributed by atoms with E-state index in [1.807, 2.05) is 16.9 Å². The number of nitrogens with one attached hydrogen (secondary N) is 1. The van der Waals surface area contributed by atoms with Gasteiger partial charge >= 0.3 is 13.5 Å². The molecule has 2 aliphatic rings. The summed E-state index contributed by atoms with van der Waals surface area (Å²) in [6, 6.07) is 6.47. The highest BCUT2D eigenvalue weighted by Crippen LogP contribution is 2.71. The summed E-state index contributed by atoms with van der Waals surface area (Å²) in [6.45, 7) is 8.96. The number of rotatable bonds is 13. The van der Waals surface area contributed by atoms with Crippen LogP contribution in [0.25, 0.3) is 11.0 Å². The Kier molecular flexibility index (Phi) is 7.85. The van der Waals surface area contributed by atoms with E-state index in [0.717, 1.165) is 68.1 Å². The number of aryl methyl sites for hydroxylation is 1. The van der Waals surface area contributed by atoms with E-state index in [9.17, 15) is 19.5 Å². The van der Waals surface area contributed by atoms with Gasteiger partial charge in [-0.15, -0.1) is 0 Å². The molecule has 0 aliphatic carbocycles. The maximum atomic E-state index is 13.3. The monoisotopic (exact) mass is 623 g/mol. The fraction of sp³-hybridized carbons (Fsp3) is 0.400. The lowest BCUT2D eigenvalue weighted by Crippen LogP contribution is -2.24. The molecule has 13 nitrogen and oxygen atoms in total. The largest absolute Gasteiger partial charge is 0.647 e. The lowest BCUT2D eigenvalue weighted by Gasteiger charge is -2.17. The van der Waals surface area contributed by atoms with Gasteiger partial charge in [-0.3, -0.25) is 19.6 Å². The molecule has 4 heterocycles. The van der Waals surface area contributed by atoms with Crippen LogP contribution in [0.1, 0.15) is 66.8 Å². The molecular weight excluding hydrogens is 589 g/mol. The van der Waals surface area contributed by atoms with Crippen molar-refractivity contribution in [2.45, 2.75) is 58.9 Å². The maximum absolute atomic E-state index is 13.3. The van der Waals surface area contributed by atoms with E-state index in [1.54, 1.807) is 12.1 Å². The Morgan fingerprint density at radius 3 is 2.66 bits per heavy atom. The molecule has 44 heavy (non-hydrogen) atoms. The second kappa shape index (κ2) is 11.6. The first-order chi connectivity index (χ1) is 21.1. The number of hydrogen-bond donors (Lipinski definition) is 1. The molecule has 2 unspecified atom stereocenters. The van der Waals surface area contributed by atoms with Crippen molar-refractivity contribution in [1.29, 1.82) is 0 Å². The smallest absolute Gasteiger partial charge is 0.460 e. The number of phosphoric acid groups is 1. The van der Waals surface area contributed by atoms with Gasteiger partial charge in [0, 0.05) is 54.5 Å². The Morgan fingerprint density at radius 1 is 1.16 bits per heavy atom. The van der Waals surface area contributed by atoms with Crippen LogP contribution in [0.5, 0.6) is 17.2 Å². The van der Waals surface area contributed by atoms with Crippen LogP contribution in [0.4, 0.5) is 11.4 Å². The van der Waals surface area contributed by atoms with Gasteiger partial charge in [-0.1, -0.05) is 20.8 Å². The molecule has 232 valence electrons. The summed E-state index contributed by atoms with van der Waals surface area (Å²) >= 11 is 0. The van der Waals surface area contributed by atoms with Gasteiger partial charge in [0.15, 0.2) is 5.75 Å². The summed E-state index contributed by atoms with van der Waals surface area (Å²) in [5.74, 6) is -0.159. The van der Waals surface area contributed by atoms with Crippen molar-refractivity contribution in [1.82, 2.24) is 14.7 Å². The predicted octanol–water partition coefficient (Wildman–Crippen LogP) is 6.70. The van der Waals surface area contributed by atoms with Crippen molar-refractivity contribution in [3.8, 4) is 17.2 Å². The van der Waals surface area contributed by atoms with Crippen molar-refractivity contribution in [3.05, 3.63) is 69.2 Å². The topological polar surface area (TPSA) is 151 Å². The number of aromatic nitrogens is 2. The normalized spacial score (nSPS) is 17.0. The number of hydrogen-bond acceptors (Lipinski definition) is 10. The van der Waals surface area contributed by atoms with E-state index >= 15 is 0 Å². The van der Waals surface area contributed by atoms with Crippen LogP contribution >= 0.6 is 7.82 Å². The van der Waals surface area contributed by atoms with Crippen LogP contribution in [-0.4, -0.2) is 45.6 Å². The number of anilines is 1. The third kappa shape index (κ3) is 5.53. The molecule has 2 aliphatic heterocycles. The number of fused-ring (bicyclic) bond motifs is 2. The molecule has 0 spiro atoms. The summed E-state index contributed by atoms with van der Waals surface area (Å²) in [5.41, 5.74) is 2.50. The number of carbonyl (C=O) groups is 1. The molecule has 1 amide bonds. The molecule has 0 saturated carbocycles. The Morgan fingerprint density at radius 2 is 1.93 bits per heavy atom. The number of phosphoric ester groups is 1. The zero-order valence-corrected chi connectivity index (χ0v) is 25.9. The molecule has 4 aromatic rings. The number of benzene rings is 2. The Hall–Kier alpha value is -4.35. The Labute approximate surface area is 253 Å². The number of likely N-dealkylation sites (N-methyl/N-ethyl adjacent to an activating group) is 1. The minimum absolute atomic E-state index is 0.0324. The van der Waals surface area contributed by atoms with Crippen LogP contribution in [0.2, 0.25) is 0 Å². The predicted molar refractivity (Wildman–Crippen MR) is 163 cm³/mol. The highest BCUT2D eigenvalue weighted by molar-refractivity contribution is 7.50. The first-order valence-electron chi connectivity index (χ1n) is 14.7. The third-order valence-electron chi connectivity index (χ3n) is 8.02. The van der Waals surface area contributed by atoms with Crippen molar-refractivity contribution >= 4 is 36.1 Å². The average molecular weight is 624 g/mol. The molecule has 2 aromatic carbocycles. The quantitative estimate of drug-likeness (QED) is 0.0967. The average Bonchev–Trinajstić information content (AvgIpc) is 3.75. The lowest BCUT2D eigenvalue weighted by molar-refractivity contribution is -0.385. The highest BCUT2D eigenvalue weighted by Gasteiger charge is 2.55. The van der Waals surface area contributed by atoms with Crippen LogP contribution in [0.15, 0.2) is 41.1 Å². The molecule has 0 fully saturated rings. The fourth-order valence-electron chi connectivity index (χ4n) is 5.51. The maximum Gasteiger partial charge on any atom is 0.647 e. The van der Waals surface area contributed by atoms with Crippen molar-refractivity contribution in [2.24, 2.45) is 0 Å². The molecule has 0 radical (unpaired) electrons. The summed E-state index contributed by atoms with van der Waals surface area (Å²) < 4.78 is 35.9. The Balaban J connectivity index is 1.22. The van der Waals surface area contributed by atoms with Crippen molar-refractivity contribution in [3.63, 3.8) is 0 Å². The molecule has 0 saturated heterocycles. The second-order valence-corrected chi connectivity index (χ2v) is 12.7. The lowest BCUT2D eigenvalue weighted by atomic mass is 9.98. The molecule has 2 bridgehead atoms. The highest BCUT2D eigenvalue weighted by atomic mass is 31.2. The van der Waals surface area contributed by atoms with E-state index in [4.69, 9.17) is 18.0 Å². The van der Waals surface area contributed by atoms with E-state index in [2.05, 4.69) is 49.3 Å². The van der Waals surface area contributed by atoms with Crippen molar-refractivity contribution in [2.75, 3.05) is 25.5 Å². The fourth-order valence-corrected chi connectivity index (χ4v) is 6.78. The zero-order chi connectivity index (χ0) is 31.2. The number of nitro groups is 1. The summed E-state index contributed by atoms with van der Waals surface area (Å²) in [7, 11) is -1.87. The molecule has 1 N–H and O–H groups in total. The van der Waals surface area contributed by atoms with Gasteiger partial charge in [-0.05, 0) is 56.5 Å². The van der Waals surface area contributed by atoms with Crippen LogP contribution < -0.4 is 18.9 Å². The van der Waals surface area contributed by atoms with Gasteiger partial charge in [0.2, 0.25) is 5.75 Å². The number of nitrogens with zero attached hydrogens (tertiary/aromatic N) is 4. The van der Waals surface area contributed by atoms with E-state index in [0.29, 0.717) is 11.3 Å². The number of nitro benzene ring substituents is 1. The summed E-state index contributed by atoms with van der Waals surface area (Å²) in [5, 5.41) is 20.0. The van der Waals surface area contributed by atoms with Crippen LogP contribution in [-0.2, 0) is 24.0 Å². The van der Waals surface area contributed by atoms with E-state index in [1.165, 1.54) is 5.56 Å². The van der Waals surface area contributed by atoms with E-state index in [-0.39, 0.29) is 28.7 Å². The first kappa shape index (κ1) is 29.7. The first-order valence-corrected chi connectivity index (χ1v) is 16.2. The zero-order valence-electron chi connectivity index (χ0n) is 25.0. The van der Waals surface area contributed by atoms with Crippen LogP contribution in [0.3, 0.4) is 0 Å². The van der Waals surface area contributed by atoms with E-state index < -0.39 is 24.3 Å². The number of amides is 1. The van der Waals surface area contributed by atoms with Gasteiger partial charge in [-0.2, -0.15) is 9.66 Å². The number of carbonyl (C=O) groups excluding carboxylic acids is 1. The minimum atomic E-state index is -3.96. The summed E-state index contributed by atoms with van der Waals surface area (Å²) in [6.07, 6.45) is 7.62. The molecule has 2 atom stereocenters. The SMILES string of the molecule is CCCn1cc(CCN(C)CCc2c(C(C)CC)oc3ccc(NC(=O)c4cc5c6c(c4[N+](=O)[O-])OP(=O)(O5)O6)cc23)cn1. The van der Waals surface area contributed by atoms with Gasteiger partial charge < -0.3 is 28.2 Å². The van der Waals surface area contributed by atoms with Crippen molar-refractivity contribution < 1.29 is 32.3 Å². The minimum Gasteiger partial charge on any atom is -0.460 e. The Bertz CT molecular complexity index is 1810. The molecule has 6 rings (SSSR count). The molecule has 14 heteroatoms. The van der Waals surface area contributed by atoms with Gasteiger partial charge in [0.1, 0.15) is 16.9 Å². The van der Waals surface area contributed by atoms with Gasteiger partial charge in [0.25, 0.3) is 11.7 Å². The van der Waals surface area contributed by atoms with Crippen LogP contribution in [0, 0.1) is 10.1 Å². The molecule has 2 aromatic heterocycles. The second-order valence-electron chi connectivity index (χ2n) is 11.2. The van der Waals surface area contributed by atoms with Gasteiger partial charge in [-0.25, -0.2) is 0 Å². The standard InChI is InChI=1S/C30H34N5O8P/c1-5-11-34-17-19(16-31-34)9-12-33(4)13-10-21-22-14-20(7-8-24(22)40-27(21)18(3)6-2)32-30(36)23-15-25-28-29(26(23)35(37)38)43-44(39,41-25)42-28/h7-8,14-18H,5-6,9-13H2,1-4H3,(H,32,36). The van der Waals surface area contributed by atoms with Gasteiger partial charge in [0.05, 0.1) is 11.1 Å². The molecular formula is C30H34N5O8P.